The second kappa shape index (κ2) is 37.0. The van der Waals surface area contributed by atoms with Crippen molar-refractivity contribution in [3.8, 4) is 0 Å². The van der Waals surface area contributed by atoms with Crippen molar-refractivity contribution in [2.45, 2.75) is 249 Å². The first kappa shape index (κ1) is 51.7. The third kappa shape index (κ3) is 27.9. The van der Waals surface area contributed by atoms with Crippen LogP contribution in [0, 0.1) is 0 Å². The lowest BCUT2D eigenvalue weighted by Crippen LogP contribution is -2.60. The molecule has 0 radical (unpaired) electrons. The van der Waals surface area contributed by atoms with E-state index in [-0.39, 0.29) is 12.5 Å². The van der Waals surface area contributed by atoms with E-state index in [1.165, 1.54) is 148 Å². The third-order valence-electron chi connectivity index (χ3n) is 11.0. The first-order valence-electron chi connectivity index (χ1n) is 23.1. The van der Waals surface area contributed by atoms with Crippen molar-refractivity contribution < 1.29 is 39.8 Å². The Hall–Kier alpha value is -1.33. The Morgan fingerprint density at radius 3 is 1.53 bits per heavy atom. The molecule has 6 N–H and O–H groups in total. The van der Waals surface area contributed by atoms with Crippen molar-refractivity contribution in [1.82, 2.24) is 5.32 Å². The molecule has 0 aromatic rings. The van der Waals surface area contributed by atoms with Gasteiger partial charge in [-0.1, -0.05) is 192 Å². The van der Waals surface area contributed by atoms with E-state index in [2.05, 4.69) is 31.3 Å². The molecule has 9 nitrogen and oxygen atoms in total. The fourth-order valence-electron chi connectivity index (χ4n) is 7.29. The Balaban J connectivity index is 2.23. The molecule has 1 saturated heterocycles. The summed E-state index contributed by atoms with van der Waals surface area (Å²) in [5, 5.41) is 53.9. The second-order valence-electron chi connectivity index (χ2n) is 16.2. The van der Waals surface area contributed by atoms with Gasteiger partial charge in [-0.2, -0.15) is 0 Å². The summed E-state index contributed by atoms with van der Waals surface area (Å²) in [4.78, 5) is 12.9. The monoisotopic (exact) mass is 782 g/mol. The molecule has 0 aromatic carbocycles. The Labute approximate surface area is 337 Å². The van der Waals surface area contributed by atoms with Crippen LogP contribution in [0.2, 0.25) is 0 Å². The number of rotatable bonds is 38. The molecule has 2 unspecified atom stereocenters. The predicted octanol–water partition coefficient (Wildman–Crippen LogP) is 9.50. The molecule has 0 aromatic heterocycles. The zero-order chi connectivity index (χ0) is 40.2. The van der Waals surface area contributed by atoms with E-state index in [1.807, 2.05) is 6.08 Å². The molecule has 324 valence electrons. The lowest BCUT2D eigenvalue weighted by Gasteiger charge is -2.40. The van der Waals surface area contributed by atoms with Crippen LogP contribution in [0.4, 0.5) is 0 Å². The maximum Gasteiger partial charge on any atom is 0.220 e. The summed E-state index contributed by atoms with van der Waals surface area (Å²) in [5.74, 6) is -0.187. The number of carbonyl (C=O) groups excluding carboxylic acids is 1. The third-order valence-corrected chi connectivity index (χ3v) is 11.0. The zero-order valence-electron chi connectivity index (χ0n) is 35.4. The summed E-state index contributed by atoms with van der Waals surface area (Å²) in [5.41, 5.74) is 0. The highest BCUT2D eigenvalue weighted by Crippen LogP contribution is 2.23. The van der Waals surface area contributed by atoms with Crippen LogP contribution in [0.25, 0.3) is 0 Å². The number of unbranched alkanes of at least 4 members (excludes halogenated alkanes) is 26. The van der Waals surface area contributed by atoms with Crippen LogP contribution >= 0.6 is 0 Å². The maximum atomic E-state index is 12.9. The minimum atomic E-state index is -1.57. The van der Waals surface area contributed by atoms with Gasteiger partial charge in [0.25, 0.3) is 0 Å². The number of ether oxygens (including phenoxy) is 2. The second-order valence-corrected chi connectivity index (χ2v) is 16.2. The Morgan fingerprint density at radius 1 is 0.600 bits per heavy atom. The highest BCUT2D eigenvalue weighted by molar-refractivity contribution is 5.76. The standard InChI is InChI=1S/C46H87NO8/c1-3-5-7-9-11-13-14-15-16-17-18-19-20-21-22-23-24-25-26-28-30-32-34-36-42(50)47-39(40(49)35-33-31-29-27-12-10-8-6-4-2)38-54-46-45(53)44(52)43(51)41(37-48)55-46/h12,27,33,35,39-41,43-46,48-49,51-53H,3-11,13-26,28-32,34,36-38H2,1-2H3,(H,47,50)/b27-12+,35-33+/t39-,40+,41-,43-,44?,45?,46-/m0/s1. The van der Waals surface area contributed by atoms with Crippen LogP contribution < -0.4 is 5.32 Å². The molecule has 0 aliphatic carbocycles. The first-order chi connectivity index (χ1) is 26.8. The van der Waals surface area contributed by atoms with Gasteiger partial charge in [0.15, 0.2) is 6.29 Å². The lowest BCUT2D eigenvalue weighted by molar-refractivity contribution is -0.302. The van der Waals surface area contributed by atoms with E-state index >= 15 is 0 Å². The summed E-state index contributed by atoms with van der Waals surface area (Å²) in [6.07, 6.45) is 36.8. The minimum Gasteiger partial charge on any atom is -0.394 e. The van der Waals surface area contributed by atoms with Crippen molar-refractivity contribution >= 4 is 5.91 Å². The summed E-state index contributed by atoms with van der Waals surface area (Å²) >= 11 is 0. The molecule has 9 heteroatoms. The number of carbonyl (C=O) groups is 1. The van der Waals surface area contributed by atoms with Gasteiger partial charge in [0.1, 0.15) is 24.4 Å². The van der Waals surface area contributed by atoms with Crippen LogP contribution in [-0.2, 0) is 14.3 Å². The van der Waals surface area contributed by atoms with Crippen molar-refractivity contribution in [2.75, 3.05) is 13.2 Å². The average Bonchev–Trinajstić information content (AvgIpc) is 3.18. The molecule has 7 atom stereocenters. The van der Waals surface area contributed by atoms with E-state index < -0.39 is 49.5 Å². The summed E-state index contributed by atoms with van der Waals surface area (Å²) in [7, 11) is 0. The SMILES string of the molecule is CCCCC/C=C/CC/C=C/[C@@H](O)[C@H](CO[C@H]1O[C@@H](CO)[C@H](O)C(O)C1O)NC(=O)CCCCCCCCCCCCCCCCCCCCCCCCC. The van der Waals surface area contributed by atoms with Gasteiger partial charge in [0, 0.05) is 6.42 Å². The number of nitrogens with one attached hydrogen (secondary N) is 1. The van der Waals surface area contributed by atoms with Gasteiger partial charge in [-0.15, -0.1) is 0 Å². The molecule has 1 heterocycles. The fraction of sp³-hybridized carbons (Fsp3) is 0.891. The van der Waals surface area contributed by atoms with Crippen LogP contribution in [0.1, 0.15) is 206 Å². The summed E-state index contributed by atoms with van der Waals surface area (Å²) in [6, 6.07) is -0.815. The molecule has 55 heavy (non-hydrogen) atoms. The van der Waals surface area contributed by atoms with Gasteiger partial charge in [0.2, 0.25) is 5.91 Å². The molecule has 0 bridgehead atoms. The number of amides is 1. The van der Waals surface area contributed by atoms with Gasteiger partial charge in [-0.3, -0.25) is 4.79 Å². The number of aliphatic hydroxyl groups is 5. The van der Waals surface area contributed by atoms with Gasteiger partial charge in [0.05, 0.1) is 25.4 Å². The van der Waals surface area contributed by atoms with Crippen LogP contribution in [0.5, 0.6) is 0 Å². The smallest absolute Gasteiger partial charge is 0.220 e. The molecule has 1 aliphatic rings. The van der Waals surface area contributed by atoms with Crippen LogP contribution in [0.15, 0.2) is 24.3 Å². The van der Waals surface area contributed by atoms with Gasteiger partial charge >= 0.3 is 0 Å². The van der Waals surface area contributed by atoms with Crippen molar-refractivity contribution in [3.05, 3.63) is 24.3 Å². The van der Waals surface area contributed by atoms with E-state index in [4.69, 9.17) is 9.47 Å². The molecule has 1 amide bonds. The molecule has 0 spiro atoms. The highest BCUT2D eigenvalue weighted by Gasteiger charge is 2.44. The average molecular weight is 782 g/mol. The van der Waals surface area contributed by atoms with Crippen molar-refractivity contribution in [2.24, 2.45) is 0 Å². The molecular weight excluding hydrogens is 695 g/mol. The quantitative estimate of drug-likeness (QED) is 0.0268. The molecule has 1 rings (SSSR count). The molecule has 0 saturated carbocycles. The van der Waals surface area contributed by atoms with E-state index in [0.29, 0.717) is 6.42 Å². The molecular formula is C46H87NO8. The number of hydrogen-bond donors (Lipinski definition) is 6. The van der Waals surface area contributed by atoms with Gasteiger partial charge in [-0.25, -0.2) is 0 Å². The predicted molar refractivity (Wildman–Crippen MR) is 226 cm³/mol. The number of allylic oxidation sites excluding steroid dienone is 3. The molecule has 1 fully saturated rings. The summed E-state index contributed by atoms with van der Waals surface area (Å²) in [6.45, 7) is 3.71. The summed E-state index contributed by atoms with van der Waals surface area (Å²) < 4.78 is 11.2. The Kier molecular flexibility index (Phi) is 34.7. The van der Waals surface area contributed by atoms with E-state index in [0.717, 1.165) is 38.5 Å². The Morgan fingerprint density at radius 2 is 1.04 bits per heavy atom. The Bertz CT molecular complexity index is 914. The largest absolute Gasteiger partial charge is 0.394 e. The zero-order valence-corrected chi connectivity index (χ0v) is 35.4. The molecule has 1 aliphatic heterocycles. The van der Waals surface area contributed by atoms with Crippen LogP contribution in [-0.4, -0.2) is 87.5 Å². The topological polar surface area (TPSA) is 149 Å². The maximum absolute atomic E-state index is 12.9. The van der Waals surface area contributed by atoms with Crippen molar-refractivity contribution in [3.63, 3.8) is 0 Å². The first-order valence-corrected chi connectivity index (χ1v) is 23.1. The minimum absolute atomic E-state index is 0.187. The normalized spacial score (nSPS) is 21.5. The highest BCUT2D eigenvalue weighted by atomic mass is 16.7. The van der Waals surface area contributed by atoms with Gasteiger partial charge in [-0.05, 0) is 32.1 Å². The van der Waals surface area contributed by atoms with E-state index in [1.54, 1.807) is 6.08 Å². The van der Waals surface area contributed by atoms with Crippen molar-refractivity contribution in [1.29, 1.82) is 0 Å². The number of aliphatic hydroxyl groups excluding tert-OH is 5. The van der Waals surface area contributed by atoms with Gasteiger partial charge < -0.3 is 40.3 Å². The fourth-order valence-corrected chi connectivity index (χ4v) is 7.29. The van der Waals surface area contributed by atoms with E-state index in [9.17, 15) is 30.3 Å². The van der Waals surface area contributed by atoms with Crippen LogP contribution in [0.3, 0.4) is 0 Å². The lowest BCUT2D eigenvalue weighted by atomic mass is 9.99. The number of hydrogen-bond acceptors (Lipinski definition) is 8.